The van der Waals surface area contributed by atoms with E-state index in [2.05, 4.69) is 148 Å². The molecule has 0 bridgehead atoms. The van der Waals surface area contributed by atoms with Gasteiger partial charge in [0.25, 0.3) is 0 Å². The minimum atomic E-state index is -2.53. The lowest BCUT2D eigenvalue weighted by molar-refractivity contribution is 0.125. The Balaban J connectivity index is 1.99. The van der Waals surface area contributed by atoms with Crippen LogP contribution in [0.2, 0.25) is 19.1 Å². The van der Waals surface area contributed by atoms with Gasteiger partial charge < -0.3 is 4.43 Å². The van der Waals surface area contributed by atoms with Crippen LogP contribution in [0.4, 0.5) is 0 Å². The van der Waals surface area contributed by atoms with Crippen molar-refractivity contribution in [3.05, 3.63) is 121 Å². The molecule has 5 rings (SSSR count). The van der Waals surface area contributed by atoms with Crippen molar-refractivity contribution in [2.75, 3.05) is 0 Å². The molecule has 4 aromatic rings. The molecule has 4 aromatic carbocycles. The van der Waals surface area contributed by atoms with Gasteiger partial charge in [-0.15, -0.1) is 0 Å². The molecule has 0 radical (unpaired) electrons. The van der Waals surface area contributed by atoms with Crippen molar-refractivity contribution >= 4 is 43.3 Å². The minimum Gasteiger partial charge on any atom is -0.410 e. The lowest BCUT2D eigenvalue weighted by atomic mass is 10.2. The Morgan fingerprint density at radius 3 is 1.29 bits per heavy atom. The normalized spacial score (nSPS) is 25.5. The standard InChI is InChI=1S/C30H34OSi3/c1-30(2)25-32(3,26-17-9-5-10-18-26)34(28-21-13-7-14-22-28,29-23-15-8-16-24-29)33(4,31-30)27-19-11-6-12-20-27/h5-24H,25H2,1-4H3. The molecule has 34 heavy (non-hydrogen) atoms. The molecule has 1 aliphatic heterocycles. The molecule has 0 spiro atoms. The molecular formula is C30H34OSi3. The molecule has 1 saturated heterocycles. The summed E-state index contributed by atoms with van der Waals surface area (Å²) in [5.74, 6) is 0. The molecule has 1 heterocycles. The summed E-state index contributed by atoms with van der Waals surface area (Å²) in [6.45, 7) is 9.91. The zero-order valence-corrected chi connectivity index (χ0v) is 23.7. The van der Waals surface area contributed by atoms with Gasteiger partial charge >= 0.3 is 0 Å². The Morgan fingerprint density at radius 2 is 0.882 bits per heavy atom. The maximum Gasteiger partial charge on any atom is 0.216 e. The Bertz CT molecular complexity index is 1150. The van der Waals surface area contributed by atoms with E-state index in [0.29, 0.717) is 0 Å². The maximum atomic E-state index is 7.52. The summed E-state index contributed by atoms with van der Waals surface area (Å²) in [5, 5.41) is 6.07. The van der Waals surface area contributed by atoms with Crippen molar-refractivity contribution in [2.24, 2.45) is 0 Å². The van der Waals surface area contributed by atoms with E-state index in [4.69, 9.17) is 4.43 Å². The van der Waals surface area contributed by atoms with Crippen LogP contribution >= 0.6 is 0 Å². The van der Waals surface area contributed by atoms with Crippen LogP contribution in [0.15, 0.2) is 121 Å². The van der Waals surface area contributed by atoms with E-state index in [0.717, 1.165) is 6.04 Å². The number of benzene rings is 4. The summed E-state index contributed by atoms with van der Waals surface area (Å²) >= 11 is 0. The minimum absolute atomic E-state index is 0.173. The van der Waals surface area contributed by atoms with Gasteiger partial charge in [-0.1, -0.05) is 143 Å². The van der Waals surface area contributed by atoms with Crippen LogP contribution in [-0.2, 0) is 4.43 Å². The van der Waals surface area contributed by atoms with E-state index >= 15 is 0 Å². The maximum absolute atomic E-state index is 7.52. The Morgan fingerprint density at radius 1 is 0.529 bits per heavy atom. The van der Waals surface area contributed by atoms with E-state index in [9.17, 15) is 0 Å². The highest BCUT2D eigenvalue weighted by atomic mass is 29.6. The van der Waals surface area contributed by atoms with Crippen molar-refractivity contribution in [2.45, 2.75) is 38.6 Å². The summed E-state index contributed by atoms with van der Waals surface area (Å²) in [4.78, 5) is 0. The smallest absolute Gasteiger partial charge is 0.216 e. The molecule has 1 aliphatic rings. The third kappa shape index (κ3) is 3.43. The van der Waals surface area contributed by atoms with Crippen molar-refractivity contribution < 1.29 is 4.43 Å². The van der Waals surface area contributed by atoms with Crippen molar-refractivity contribution in [1.29, 1.82) is 0 Å². The number of hydrogen-bond donors (Lipinski definition) is 0. The number of hydrogen-bond acceptors (Lipinski definition) is 1. The van der Waals surface area contributed by atoms with E-state index in [1.54, 1.807) is 5.19 Å². The molecule has 1 fully saturated rings. The molecular weight excluding hydrogens is 461 g/mol. The fraction of sp³-hybridized carbons (Fsp3) is 0.200. The third-order valence-electron chi connectivity index (χ3n) is 7.95. The van der Waals surface area contributed by atoms with Crippen LogP contribution in [-0.4, -0.2) is 28.1 Å². The molecule has 0 saturated carbocycles. The molecule has 1 nitrogen and oxygen atoms in total. The largest absolute Gasteiger partial charge is 0.410 e. The first-order valence-corrected chi connectivity index (χ1v) is 21.4. The predicted molar refractivity (Wildman–Crippen MR) is 153 cm³/mol. The predicted octanol–water partition coefficient (Wildman–Crippen LogP) is 4.68. The van der Waals surface area contributed by atoms with Crippen LogP contribution in [0.3, 0.4) is 0 Å². The summed E-state index contributed by atoms with van der Waals surface area (Å²) in [5.41, 5.74) is -0.173. The quantitative estimate of drug-likeness (QED) is 0.374. The highest BCUT2D eigenvalue weighted by Gasteiger charge is 2.72. The summed E-state index contributed by atoms with van der Waals surface area (Å²) < 4.78 is 7.52. The Kier molecular flexibility index (Phi) is 5.89. The Hall–Kier alpha value is -2.51. The van der Waals surface area contributed by atoms with Crippen molar-refractivity contribution in [3.63, 3.8) is 0 Å². The van der Waals surface area contributed by atoms with Gasteiger partial charge in [-0.2, -0.15) is 0 Å². The fourth-order valence-corrected chi connectivity index (χ4v) is 51.2. The van der Waals surface area contributed by atoms with Crippen LogP contribution in [0.25, 0.3) is 0 Å². The van der Waals surface area contributed by atoms with Gasteiger partial charge in [0.05, 0.1) is 7.59 Å². The molecule has 2 atom stereocenters. The molecule has 0 N–H and O–H groups in total. The molecule has 0 aliphatic carbocycles. The molecule has 0 amide bonds. The van der Waals surface area contributed by atoms with Gasteiger partial charge in [-0.25, -0.2) is 0 Å². The first kappa shape index (κ1) is 23.2. The van der Waals surface area contributed by atoms with Crippen LogP contribution in [0, 0.1) is 0 Å². The topological polar surface area (TPSA) is 9.23 Å². The van der Waals surface area contributed by atoms with Gasteiger partial charge in [0.1, 0.15) is 7.11 Å². The zero-order chi connectivity index (χ0) is 23.9. The lowest BCUT2D eigenvalue weighted by Gasteiger charge is -2.62. The SMILES string of the molecule is CC1(C)C[Si](C)(c2ccccc2)[Si](c2ccccc2)(c2ccccc2)[Si](C)(c2ccccc2)O1. The van der Waals surface area contributed by atoms with Gasteiger partial charge in [0.2, 0.25) is 7.83 Å². The average Bonchev–Trinajstić information content (AvgIpc) is 2.86. The first-order valence-electron chi connectivity index (χ1n) is 12.3. The summed E-state index contributed by atoms with van der Waals surface area (Å²) in [6, 6.07) is 46.8. The fourth-order valence-electron chi connectivity index (χ4n) is 7.06. The number of rotatable bonds is 4. The highest BCUT2D eigenvalue weighted by Crippen LogP contribution is 2.43. The zero-order valence-electron chi connectivity index (χ0n) is 20.7. The second-order valence-corrected chi connectivity index (χ2v) is 31.9. The molecule has 172 valence electrons. The van der Waals surface area contributed by atoms with Crippen LogP contribution < -0.4 is 20.7 Å². The van der Waals surface area contributed by atoms with Gasteiger partial charge in [-0.05, 0) is 31.6 Å². The molecule has 2 unspecified atom stereocenters. The van der Waals surface area contributed by atoms with E-state index < -0.39 is 22.5 Å². The second kappa shape index (κ2) is 8.61. The third-order valence-corrected chi connectivity index (χ3v) is 43.6. The van der Waals surface area contributed by atoms with Crippen LogP contribution in [0.1, 0.15) is 13.8 Å². The van der Waals surface area contributed by atoms with Crippen molar-refractivity contribution in [3.8, 4) is 0 Å². The summed E-state index contributed by atoms with van der Waals surface area (Å²) in [7, 11) is -7.14. The lowest BCUT2D eigenvalue weighted by Crippen LogP contribution is -2.96. The highest BCUT2D eigenvalue weighted by molar-refractivity contribution is 7.80. The van der Waals surface area contributed by atoms with E-state index in [1.165, 1.54) is 15.6 Å². The first-order chi connectivity index (χ1) is 16.3. The van der Waals surface area contributed by atoms with Crippen molar-refractivity contribution in [1.82, 2.24) is 0 Å². The monoisotopic (exact) mass is 494 g/mol. The molecule has 0 aromatic heterocycles. The van der Waals surface area contributed by atoms with E-state index in [1.807, 2.05) is 0 Å². The summed E-state index contributed by atoms with van der Waals surface area (Å²) in [6.07, 6.45) is 0. The van der Waals surface area contributed by atoms with E-state index in [-0.39, 0.29) is 5.60 Å². The van der Waals surface area contributed by atoms with Gasteiger partial charge in [0, 0.05) is 5.60 Å². The average molecular weight is 495 g/mol. The van der Waals surface area contributed by atoms with Gasteiger partial charge in [0.15, 0.2) is 0 Å². The molecule has 4 heteroatoms. The van der Waals surface area contributed by atoms with Gasteiger partial charge in [-0.3, -0.25) is 0 Å². The second-order valence-electron chi connectivity index (χ2n) is 10.6. The van der Waals surface area contributed by atoms with Crippen LogP contribution in [0.5, 0.6) is 0 Å². The Labute approximate surface area is 207 Å².